The van der Waals surface area contributed by atoms with E-state index in [-0.39, 0.29) is 18.4 Å². The second kappa shape index (κ2) is 8.73. The zero-order valence-corrected chi connectivity index (χ0v) is 15.5. The Balaban J connectivity index is 1.88. The third-order valence-corrected chi connectivity index (χ3v) is 4.18. The van der Waals surface area contributed by atoms with Crippen LogP contribution in [0.5, 0.6) is 0 Å². The lowest BCUT2D eigenvalue weighted by atomic mass is 10.2. The van der Waals surface area contributed by atoms with Crippen LogP contribution in [-0.2, 0) is 9.59 Å². The minimum absolute atomic E-state index is 0.00539. The minimum Gasteiger partial charge on any atom is -0.325 e. The Hall–Kier alpha value is -2.25. The summed E-state index contributed by atoms with van der Waals surface area (Å²) in [6, 6.07) is 12.4. The molecule has 2 aromatic rings. The predicted molar refractivity (Wildman–Crippen MR) is 99.9 cm³/mol. The summed E-state index contributed by atoms with van der Waals surface area (Å²) >= 11 is 3.33. The van der Waals surface area contributed by atoms with E-state index in [1.807, 2.05) is 12.1 Å². The molecule has 0 aliphatic rings. The van der Waals surface area contributed by atoms with Crippen LogP contribution >= 0.6 is 15.9 Å². The molecule has 7 heteroatoms. The molecule has 5 nitrogen and oxygen atoms in total. The summed E-state index contributed by atoms with van der Waals surface area (Å²) in [6.45, 7) is 1.72. The Morgan fingerprint density at radius 2 is 1.80 bits per heavy atom. The normalized spacial score (nSPS) is 11.9. The van der Waals surface area contributed by atoms with E-state index in [4.69, 9.17) is 0 Å². The summed E-state index contributed by atoms with van der Waals surface area (Å²) in [5.74, 6) is -0.965. The highest BCUT2D eigenvalue weighted by Crippen LogP contribution is 2.15. The van der Waals surface area contributed by atoms with Crippen molar-refractivity contribution in [2.45, 2.75) is 13.0 Å². The highest BCUT2D eigenvalue weighted by molar-refractivity contribution is 9.10. The summed E-state index contributed by atoms with van der Waals surface area (Å²) in [5.41, 5.74) is 1.06. The lowest BCUT2D eigenvalue weighted by molar-refractivity contribution is -0.122. The molecular formula is C18H19BrFN3O2. The molecule has 0 fully saturated rings. The van der Waals surface area contributed by atoms with Gasteiger partial charge >= 0.3 is 0 Å². The van der Waals surface area contributed by atoms with Crippen LogP contribution in [0.4, 0.5) is 15.8 Å². The van der Waals surface area contributed by atoms with Crippen molar-refractivity contribution in [1.29, 1.82) is 0 Å². The van der Waals surface area contributed by atoms with Crippen molar-refractivity contribution >= 4 is 39.1 Å². The number of hydrogen-bond donors (Lipinski definition) is 2. The monoisotopic (exact) mass is 407 g/mol. The van der Waals surface area contributed by atoms with Gasteiger partial charge in [-0.3, -0.25) is 14.5 Å². The van der Waals surface area contributed by atoms with Crippen LogP contribution < -0.4 is 10.6 Å². The topological polar surface area (TPSA) is 61.4 Å². The molecule has 0 bridgehead atoms. The number of carbonyl (C=O) groups excluding carboxylic acids is 2. The Bertz CT molecular complexity index is 752. The van der Waals surface area contributed by atoms with E-state index in [1.165, 1.54) is 18.2 Å². The van der Waals surface area contributed by atoms with Crippen LogP contribution in [-0.4, -0.2) is 36.3 Å². The first-order valence-electron chi connectivity index (χ1n) is 7.67. The number of halogens is 2. The van der Waals surface area contributed by atoms with Gasteiger partial charge in [-0.1, -0.05) is 22.0 Å². The van der Waals surface area contributed by atoms with Gasteiger partial charge in [-0.15, -0.1) is 0 Å². The largest absolute Gasteiger partial charge is 0.325 e. The number of carbonyl (C=O) groups is 2. The number of likely N-dealkylation sites (N-methyl/N-ethyl adjacent to an activating group) is 1. The maximum absolute atomic E-state index is 13.1. The van der Waals surface area contributed by atoms with Gasteiger partial charge in [0.1, 0.15) is 5.82 Å². The molecule has 0 saturated heterocycles. The molecule has 2 N–H and O–H groups in total. The Morgan fingerprint density at radius 3 is 2.44 bits per heavy atom. The highest BCUT2D eigenvalue weighted by atomic mass is 79.9. The maximum Gasteiger partial charge on any atom is 0.241 e. The molecule has 25 heavy (non-hydrogen) atoms. The van der Waals surface area contributed by atoms with Crippen molar-refractivity contribution in [2.75, 3.05) is 24.2 Å². The van der Waals surface area contributed by atoms with Gasteiger partial charge in [-0.25, -0.2) is 4.39 Å². The molecule has 0 spiro atoms. The fourth-order valence-corrected chi connectivity index (χ4v) is 2.37. The number of benzene rings is 2. The number of nitrogens with zero attached hydrogens (tertiary/aromatic N) is 1. The predicted octanol–water partition coefficient (Wildman–Crippen LogP) is 3.49. The summed E-state index contributed by atoms with van der Waals surface area (Å²) in [7, 11) is 1.68. The van der Waals surface area contributed by atoms with Crippen LogP contribution in [0.2, 0.25) is 0 Å². The molecule has 0 aromatic heterocycles. The zero-order chi connectivity index (χ0) is 18.4. The van der Waals surface area contributed by atoms with E-state index >= 15 is 0 Å². The van der Waals surface area contributed by atoms with Gasteiger partial charge in [-0.2, -0.15) is 0 Å². The fourth-order valence-electron chi connectivity index (χ4n) is 2.11. The average Bonchev–Trinajstić information content (AvgIpc) is 2.56. The Labute approximate surface area is 154 Å². The van der Waals surface area contributed by atoms with Gasteiger partial charge in [0.15, 0.2) is 0 Å². The van der Waals surface area contributed by atoms with Crippen LogP contribution in [0.25, 0.3) is 0 Å². The smallest absolute Gasteiger partial charge is 0.241 e. The molecule has 0 aliphatic carbocycles. The third-order valence-electron chi connectivity index (χ3n) is 3.65. The molecule has 0 saturated carbocycles. The van der Waals surface area contributed by atoms with Crippen molar-refractivity contribution in [3.8, 4) is 0 Å². The molecule has 0 heterocycles. The molecule has 0 radical (unpaired) electrons. The van der Waals surface area contributed by atoms with Gasteiger partial charge in [0.25, 0.3) is 0 Å². The van der Waals surface area contributed by atoms with Crippen molar-refractivity contribution in [1.82, 2.24) is 4.90 Å². The van der Waals surface area contributed by atoms with Gasteiger partial charge in [-0.05, 0) is 56.4 Å². The summed E-state index contributed by atoms with van der Waals surface area (Å²) in [5, 5.41) is 5.40. The standard InChI is InChI=1S/C18H19BrFN3O2/c1-12(18(25)22-15-8-6-13(19)7-9-15)23(2)11-17(24)21-16-5-3-4-14(20)10-16/h3-10,12H,11H2,1-2H3,(H,21,24)(H,22,25). The SMILES string of the molecule is CC(C(=O)Nc1ccc(Br)cc1)N(C)CC(=O)Nc1cccc(F)c1. The minimum atomic E-state index is -0.512. The molecule has 2 aromatic carbocycles. The van der Waals surface area contributed by atoms with Crippen LogP contribution in [0, 0.1) is 5.82 Å². The number of amides is 2. The number of nitrogens with one attached hydrogen (secondary N) is 2. The quantitative estimate of drug-likeness (QED) is 0.770. The average molecular weight is 408 g/mol. The summed E-state index contributed by atoms with van der Waals surface area (Å²) in [6.07, 6.45) is 0. The molecule has 132 valence electrons. The Kier molecular flexibility index (Phi) is 6.66. The number of anilines is 2. The van der Waals surface area contributed by atoms with E-state index in [2.05, 4.69) is 26.6 Å². The van der Waals surface area contributed by atoms with Gasteiger partial charge in [0.2, 0.25) is 11.8 Å². The van der Waals surface area contributed by atoms with E-state index < -0.39 is 11.9 Å². The first kappa shape index (κ1) is 19.1. The second-order valence-electron chi connectivity index (χ2n) is 5.65. The maximum atomic E-state index is 13.1. The van der Waals surface area contributed by atoms with E-state index in [0.29, 0.717) is 11.4 Å². The van der Waals surface area contributed by atoms with Gasteiger partial charge in [0.05, 0.1) is 12.6 Å². The first-order chi connectivity index (χ1) is 11.8. The highest BCUT2D eigenvalue weighted by Gasteiger charge is 2.20. The third kappa shape index (κ3) is 5.95. The summed E-state index contributed by atoms with van der Waals surface area (Å²) in [4.78, 5) is 25.9. The fraction of sp³-hybridized carbons (Fsp3) is 0.222. The molecular weight excluding hydrogens is 389 g/mol. The van der Waals surface area contributed by atoms with E-state index in [9.17, 15) is 14.0 Å². The van der Waals surface area contributed by atoms with Crippen molar-refractivity contribution in [3.63, 3.8) is 0 Å². The summed E-state index contributed by atoms with van der Waals surface area (Å²) < 4.78 is 14.0. The van der Waals surface area contributed by atoms with Crippen LogP contribution in [0.1, 0.15) is 6.92 Å². The van der Waals surface area contributed by atoms with Crippen molar-refractivity contribution in [2.24, 2.45) is 0 Å². The molecule has 1 atom stereocenters. The van der Waals surface area contributed by atoms with E-state index in [0.717, 1.165) is 4.47 Å². The number of rotatable bonds is 6. The number of hydrogen-bond acceptors (Lipinski definition) is 3. The first-order valence-corrected chi connectivity index (χ1v) is 8.46. The Morgan fingerprint density at radius 1 is 1.12 bits per heavy atom. The lowest BCUT2D eigenvalue weighted by Gasteiger charge is -2.23. The lowest BCUT2D eigenvalue weighted by Crippen LogP contribution is -2.43. The van der Waals surface area contributed by atoms with Gasteiger partial charge in [0, 0.05) is 15.8 Å². The van der Waals surface area contributed by atoms with Gasteiger partial charge < -0.3 is 10.6 Å². The van der Waals surface area contributed by atoms with Crippen LogP contribution in [0.15, 0.2) is 53.0 Å². The van der Waals surface area contributed by atoms with E-state index in [1.54, 1.807) is 37.1 Å². The molecule has 1 unspecified atom stereocenters. The molecule has 2 amide bonds. The van der Waals surface area contributed by atoms with Crippen molar-refractivity contribution in [3.05, 3.63) is 58.8 Å². The van der Waals surface area contributed by atoms with Crippen LogP contribution in [0.3, 0.4) is 0 Å². The van der Waals surface area contributed by atoms with Crippen molar-refractivity contribution < 1.29 is 14.0 Å². The molecule has 0 aliphatic heterocycles. The second-order valence-corrected chi connectivity index (χ2v) is 6.56. The molecule has 2 rings (SSSR count). The zero-order valence-electron chi connectivity index (χ0n) is 13.9.